The summed E-state index contributed by atoms with van der Waals surface area (Å²) in [4.78, 5) is 40.0. The molecule has 6 aromatic heterocycles. The van der Waals surface area contributed by atoms with Crippen LogP contribution in [0.2, 0.25) is 0 Å². The van der Waals surface area contributed by atoms with E-state index in [0.29, 0.717) is 6.54 Å². The molecule has 0 amide bonds. The normalized spacial score (nSPS) is 10.9. The Morgan fingerprint density at radius 1 is 0.694 bits per heavy atom. The first-order valence-corrected chi connectivity index (χ1v) is 15.4. The van der Waals surface area contributed by atoms with Crippen LogP contribution >= 0.6 is 0 Å². The van der Waals surface area contributed by atoms with Crippen molar-refractivity contribution in [3.05, 3.63) is 140 Å². The Hall–Kier alpha value is -6.34. The Balaban J connectivity index is 0.000000141. The molecule has 0 saturated carbocycles. The van der Waals surface area contributed by atoms with E-state index >= 15 is 0 Å². The molecule has 248 valence electrons. The van der Waals surface area contributed by atoms with Gasteiger partial charge >= 0.3 is 0 Å². The van der Waals surface area contributed by atoms with Gasteiger partial charge in [0.15, 0.2) is 0 Å². The van der Waals surface area contributed by atoms with Crippen molar-refractivity contribution in [3.63, 3.8) is 0 Å². The largest absolute Gasteiger partial charge is 0.392 e. The molecule has 0 radical (unpaired) electrons. The molecule has 0 unspecified atom stereocenters. The summed E-state index contributed by atoms with van der Waals surface area (Å²) in [6.45, 7) is 8.06. The van der Waals surface area contributed by atoms with Gasteiger partial charge in [-0.1, -0.05) is 22.4 Å². The van der Waals surface area contributed by atoms with Gasteiger partial charge in [-0.25, -0.2) is 9.97 Å². The van der Waals surface area contributed by atoms with Crippen molar-refractivity contribution < 1.29 is 14.2 Å². The van der Waals surface area contributed by atoms with Crippen molar-refractivity contribution in [3.8, 4) is 22.3 Å². The number of benzene rings is 2. The molecule has 0 aliphatic carbocycles. The minimum absolute atomic E-state index is 0.0461. The van der Waals surface area contributed by atoms with Gasteiger partial charge in [0.05, 0.1) is 59.3 Å². The molecule has 13 nitrogen and oxygen atoms in total. The number of fused-ring (bicyclic) bond motifs is 2. The first kappa shape index (κ1) is 32.6. The molecule has 0 atom stereocenters. The van der Waals surface area contributed by atoms with Crippen LogP contribution in [0, 0.1) is 27.7 Å². The SMILES string of the molecule is Cc1noc(C)c1-c1ccc(=O)[nH]c1.Cc1noc(C)c1-c1ccc(=O)n(Cc2ccc3nc[nH]c3c2)c1.OCc1ccc2nc[nH]c2c1. The number of aromatic nitrogens is 8. The number of H-pyrrole nitrogens is 3. The average Bonchev–Trinajstić information content (AvgIpc) is 3.91. The highest BCUT2D eigenvalue weighted by Gasteiger charge is 2.13. The van der Waals surface area contributed by atoms with Crippen molar-refractivity contribution in [1.29, 1.82) is 0 Å². The minimum Gasteiger partial charge on any atom is -0.392 e. The van der Waals surface area contributed by atoms with E-state index in [2.05, 4.69) is 35.2 Å². The molecule has 8 aromatic rings. The molecular weight excluding hydrogens is 624 g/mol. The molecule has 6 heterocycles. The summed E-state index contributed by atoms with van der Waals surface area (Å²) in [6, 6.07) is 18.2. The van der Waals surface area contributed by atoms with Gasteiger partial charge in [-0.05, 0) is 75.2 Å². The van der Waals surface area contributed by atoms with Crippen LogP contribution in [0.1, 0.15) is 34.0 Å². The highest BCUT2D eigenvalue weighted by Crippen LogP contribution is 2.26. The maximum atomic E-state index is 12.2. The van der Waals surface area contributed by atoms with Crippen molar-refractivity contribution in [2.24, 2.45) is 0 Å². The number of nitrogens with zero attached hydrogens (tertiary/aromatic N) is 5. The van der Waals surface area contributed by atoms with Crippen LogP contribution in [0.15, 0.2) is 104 Å². The Labute approximate surface area is 279 Å². The minimum atomic E-state index is -0.111. The number of hydrogen-bond acceptors (Lipinski definition) is 9. The number of pyridine rings is 2. The number of aliphatic hydroxyl groups excluding tert-OH is 1. The Bertz CT molecular complexity index is 2420. The number of imidazole rings is 2. The summed E-state index contributed by atoms with van der Waals surface area (Å²) < 4.78 is 12.0. The Morgan fingerprint density at radius 2 is 1.27 bits per heavy atom. The molecule has 0 saturated heterocycles. The zero-order chi connectivity index (χ0) is 34.5. The van der Waals surface area contributed by atoms with Crippen LogP contribution in [0.4, 0.5) is 0 Å². The lowest BCUT2D eigenvalue weighted by molar-refractivity contribution is 0.282. The average molecular weight is 659 g/mol. The van der Waals surface area contributed by atoms with Crippen molar-refractivity contribution in [1.82, 2.24) is 39.8 Å². The van der Waals surface area contributed by atoms with E-state index in [1.165, 1.54) is 6.07 Å². The number of hydrogen-bond donors (Lipinski definition) is 4. The molecule has 0 bridgehead atoms. The van der Waals surface area contributed by atoms with E-state index in [1.54, 1.807) is 35.6 Å². The molecule has 13 heteroatoms. The summed E-state index contributed by atoms with van der Waals surface area (Å²) >= 11 is 0. The maximum absolute atomic E-state index is 12.2. The zero-order valence-corrected chi connectivity index (χ0v) is 27.3. The molecule has 0 aliphatic heterocycles. The van der Waals surface area contributed by atoms with Gasteiger partial charge in [0, 0.05) is 46.8 Å². The quantitative estimate of drug-likeness (QED) is 0.179. The first-order chi connectivity index (χ1) is 23.7. The van der Waals surface area contributed by atoms with E-state index in [0.717, 1.165) is 78.4 Å². The third kappa shape index (κ3) is 7.31. The van der Waals surface area contributed by atoms with Gasteiger partial charge < -0.3 is 33.7 Å². The molecule has 4 N–H and O–H groups in total. The molecule has 49 heavy (non-hydrogen) atoms. The summed E-state index contributed by atoms with van der Waals surface area (Å²) in [7, 11) is 0. The second-order valence-corrected chi connectivity index (χ2v) is 11.4. The van der Waals surface area contributed by atoms with E-state index in [9.17, 15) is 9.59 Å². The lowest BCUT2D eigenvalue weighted by Gasteiger charge is -2.08. The van der Waals surface area contributed by atoms with Gasteiger partial charge in [0.2, 0.25) is 5.56 Å². The molecule has 0 fully saturated rings. The standard InChI is InChI=1S/C18H16N4O2.C10H10N2O2.C8H8N2O/c1-11-18(12(2)24-21-11)14-4-6-17(23)22(9-14)8-13-3-5-15-16(7-13)20-10-19-15;1-6-10(7(2)14-12-6)8-3-4-9(13)11-5-8;11-4-6-1-2-7-8(3-6)10-5-9-7/h3-7,9-10H,8H2,1-2H3,(H,19,20);3-5H,1-2H3,(H,11,13);1-3,5,11H,4H2,(H,9,10). The van der Waals surface area contributed by atoms with Gasteiger partial charge in [-0.15, -0.1) is 0 Å². The van der Waals surface area contributed by atoms with Gasteiger partial charge in [0.1, 0.15) is 11.5 Å². The maximum Gasteiger partial charge on any atom is 0.250 e. The van der Waals surface area contributed by atoms with Crippen LogP contribution in [-0.4, -0.2) is 44.9 Å². The first-order valence-electron chi connectivity index (χ1n) is 15.4. The van der Waals surface area contributed by atoms with E-state index in [4.69, 9.17) is 14.2 Å². The topological polar surface area (TPSA) is 185 Å². The highest BCUT2D eigenvalue weighted by molar-refractivity contribution is 5.75. The third-order valence-electron chi connectivity index (χ3n) is 7.92. The van der Waals surface area contributed by atoms with Crippen LogP contribution in [-0.2, 0) is 13.2 Å². The summed E-state index contributed by atoms with van der Waals surface area (Å²) in [6.07, 6.45) is 6.82. The summed E-state index contributed by atoms with van der Waals surface area (Å²) in [5.41, 5.74) is 10.9. The number of aryl methyl sites for hydroxylation is 4. The molecular formula is C36H34N8O5. The fraction of sp³-hybridized carbons (Fsp3) is 0.167. The summed E-state index contributed by atoms with van der Waals surface area (Å²) in [5, 5.41) is 16.6. The monoisotopic (exact) mass is 658 g/mol. The lowest BCUT2D eigenvalue weighted by Crippen LogP contribution is -2.19. The number of aliphatic hydroxyl groups is 1. The van der Waals surface area contributed by atoms with Crippen LogP contribution in [0.3, 0.4) is 0 Å². The second-order valence-electron chi connectivity index (χ2n) is 11.4. The van der Waals surface area contributed by atoms with E-state index in [-0.39, 0.29) is 17.7 Å². The van der Waals surface area contributed by atoms with Gasteiger partial charge in [-0.2, -0.15) is 0 Å². The Morgan fingerprint density at radius 3 is 1.82 bits per heavy atom. The number of nitrogens with one attached hydrogen (secondary N) is 3. The van der Waals surface area contributed by atoms with Gasteiger partial charge in [0.25, 0.3) is 5.56 Å². The van der Waals surface area contributed by atoms with Crippen molar-refractivity contribution >= 4 is 22.1 Å². The number of rotatable bonds is 5. The van der Waals surface area contributed by atoms with Crippen LogP contribution in [0.25, 0.3) is 44.3 Å². The van der Waals surface area contributed by atoms with E-state index in [1.807, 2.05) is 76.4 Å². The molecule has 8 rings (SSSR count). The smallest absolute Gasteiger partial charge is 0.250 e. The second kappa shape index (κ2) is 14.2. The molecule has 2 aromatic carbocycles. The van der Waals surface area contributed by atoms with E-state index < -0.39 is 0 Å². The predicted molar refractivity (Wildman–Crippen MR) is 185 cm³/mol. The zero-order valence-electron chi connectivity index (χ0n) is 27.3. The van der Waals surface area contributed by atoms with Gasteiger partial charge in [-0.3, -0.25) is 9.59 Å². The van der Waals surface area contributed by atoms with Crippen LogP contribution in [0.5, 0.6) is 0 Å². The number of aromatic amines is 3. The van der Waals surface area contributed by atoms with Crippen molar-refractivity contribution in [2.75, 3.05) is 0 Å². The molecule has 0 aliphatic rings. The summed E-state index contributed by atoms with van der Waals surface area (Å²) in [5.74, 6) is 1.51. The third-order valence-corrected chi connectivity index (χ3v) is 7.92. The van der Waals surface area contributed by atoms with Crippen molar-refractivity contribution in [2.45, 2.75) is 40.8 Å². The Kier molecular flexibility index (Phi) is 9.44. The highest BCUT2D eigenvalue weighted by atomic mass is 16.5. The fourth-order valence-corrected chi connectivity index (χ4v) is 5.52. The molecule has 0 spiro atoms. The van der Waals surface area contributed by atoms with Crippen LogP contribution < -0.4 is 11.1 Å². The predicted octanol–water partition coefficient (Wildman–Crippen LogP) is 5.75. The lowest BCUT2D eigenvalue weighted by atomic mass is 10.1. The fourth-order valence-electron chi connectivity index (χ4n) is 5.52.